The Kier molecular flexibility index (Phi) is 5.45. The Balaban J connectivity index is 2.43. The van der Waals surface area contributed by atoms with Gasteiger partial charge in [0.2, 0.25) is 0 Å². The number of aryl methyl sites for hydroxylation is 1. The van der Waals surface area contributed by atoms with E-state index in [4.69, 9.17) is 9.84 Å². The van der Waals surface area contributed by atoms with Gasteiger partial charge in [0.25, 0.3) is 0 Å². The Morgan fingerprint density at radius 1 is 1.50 bits per heavy atom. The first-order chi connectivity index (χ1) is 8.52. The highest BCUT2D eigenvalue weighted by Crippen LogP contribution is 2.21. The van der Waals surface area contributed by atoms with Gasteiger partial charge in [-0.1, -0.05) is 0 Å². The molecule has 0 fully saturated rings. The first-order valence-electron chi connectivity index (χ1n) is 5.81. The summed E-state index contributed by atoms with van der Waals surface area (Å²) in [7, 11) is 1.62. The second kappa shape index (κ2) is 6.86. The minimum absolute atomic E-state index is 0.0233. The van der Waals surface area contributed by atoms with Crippen molar-refractivity contribution in [2.75, 3.05) is 19.0 Å². The van der Waals surface area contributed by atoms with Crippen LogP contribution in [0.4, 0.5) is 5.69 Å². The van der Waals surface area contributed by atoms with Crippen LogP contribution in [0.15, 0.2) is 18.2 Å². The predicted octanol–water partition coefficient (Wildman–Crippen LogP) is 1.64. The molecular weight excluding hydrogens is 234 g/mol. The summed E-state index contributed by atoms with van der Waals surface area (Å²) in [6.07, 6.45) is -0.439. The molecule has 0 aliphatic carbocycles. The van der Waals surface area contributed by atoms with Crippen molar-refractivity contribution in [3.05, 3.63) is 23.8 Å². The number of ether oxygens (including phenoxy) is 1. The van der Waals surface area contributed by atoms with Gasteiger partial charge >= 0.3 is 5.97 Å². The minimum atomic E-state index is -0.894. The molecule has 0 radical (unpaired) electrons. The fourth-order valence-corrected chi connectivity index (χ4v) is 1.62. The maximum atomic E-state index is 10.3. The van der Waals surface area contributed by atoms with Gasteiger partial charge in [0.15, 0.2) is 0 Å². The molecule has 18 heavy (non-hydrogen) atoms. The lowest BCUT2D eigenvalue weighted by Gasteiger charge is -2.13. The van der Waals surface area contributed by atoms with Crippen molar-refractivity contribution in [1.82, 2.24) is 0 Å². The van der Waals surface area contributed by atoms with E-state index < -0.39 is 12.1 Å². The van der Waals surface area contributed by atoms with Crippen LogP contribution in [0.3, 0.4) is 0 Å². The van der Waals surface area contributed by atoms with Crippen LogP contribution in [0.2, 0.25) is 0 Å². The van der Waals surface area contributed by atoms with Gasteiger partial charge in [0, 0.05) is 18.7 Å². The van der Waals surface area contributed by atoms with Crippen molar-refractivity contribution in [3.8, 4) is 5.75 Å². The Morgan fingerprint density at radius 2 is 2.22 bits per heavy atom. The molecule has 5 heteroatoms. The number of methoxy groups -OCH3 is 1. The van der Waals surface area contributed by atoms with Crippen LogP contribution < -0.4 is 10.1 Å². The van der Waals surface area contributed by atoms with Crippen molar-refractivity contribution in [2.24, 2.45) is 0 Å². The zero-order valence-electron chi connectivity index (χ0n) is 10.6. The molecule has 1 rings (SSSR count). The smallest absolute Gasteiger partial charge is 0.303 e. The monoisotopic (exact) mass is 253 g/mol. The van der Waals surface area contributed by atoms with Gasteiger partial charge in [-0.25, -0.2) is 0 Å². The standard InChI is InChI=1S/C13H19NO4/c1-9-7-10(3-5-12(9)18-2)14-8-11(15)4-6-13(16)17/h3,5,7,11,14-15H,4,6,8H2,1-2H3,(H,16,17). The van der Waals surface area contributed by atoms with E-state index in [1.54, 1.807) is 7.11 Å². The van der Waals surface area contributed by atoms with E-state index in [9.17, 15) is 9.90 Å². The first-order valence-corrected chi connectivity index (χ1v) is 5.81. The fraction of sp³-hybridized carbons (Fsp3) is 0.462. The Labute approximate surface area is 106 Å². The highest BCUT2D eigenvalue weighted by atomic mass is 16.5. The molecule has 3 N–H and O–H groups in total. The fourth-order valence-electron chi connectivity index (χ4n) is 1.62. The molecule has 0 saturated heterocycles. The Hall–Kier alpha value is -1.75. The lowest BCUT2D eigenvalue weighted by atomic mass is 10.1. The zero-order valence-corrected chi connectivity index (χ0v) is 10.6. The number of carboxylic acid groups (broad SMARTS) is 1. The summed E-state index contributed by atoms with van der Waals surface area (Å²) in [6, 6.07) is 5.62. The topological polar surface area (TPSA) is 78.8 Å². The molecular formula is C13H19NO4. The largest absolute Gasteiger partial charge is 0.496 e. The van der Waals surface area contributed by atoms with Crippen molar-refractivity contribution in [3.63, 3.8) is 0 Å². The molecule has 1 aromatic rings. The number of carbonyl (C=O) groups is 1. The summed E-state index contributed by atoms with van der Waals surface area (Å²) in [6.45, 7) is 2.27. The second-order valence-corrected chi connectivity index (χ2v) is 4.15. The highest BCUT2D eigenvalue weighted by Gasteiger charge is 2.07. The molecule has 0 aliphatic heterocycles. The van der Waals surface area contributed by atoms with Gasteiger partial charge in [-0.15, -0.1) is 0 Å². The van der Waals surface area contributed by atoms with Gasteiger partial charge in [-0.2, -0.15) is 0 Å². The van der Waals surface area contributed by atoms with Crippen LogP contribution >= 0.6 is 0 Å². The molecule has 1 atom stereocenters. The number of rotatable bonds is 7. The molecule has 1 aromatic carbocycles. The molecule has 5 nitrogen and oxygen atoms in total. The van der Waals surface area contributed by atoms with Crippen molar-refractivity contribution in [1.29, 1.82) is 0 Å². The van der Waals surface area contributed by atoms with Gasteiger partial charge in [0.05, 0.1) is 13.2 Å². The summed E-state index contributed by atoms with van der Waals surface area (Å²) in [4.78, 5) is 10.3. The van der Waals surface area contributed by atoms with E-state index >= 15 is 0 Å². The predicted molar refractivity (Wildman–Crippen MR) is 69.1 cm³/mol. The summed E-state index contributed by atoms with van der Waals surface area (Å²) in [5.41, 5.74) is 1.88. The van der Waals surface area contributed by atoms with Gasteiger partial charge in [-0.05, 0) is 37.1 Å². The third-order valence-electron chi connectivity index (χ3n) is 2.63. The quantitative estimate of drug-likeness (QED) is 0.688. The number of aliphatic hydroxyl groups excluding tert-OH is 1. The summed E-state index contributed by atoms with van der Waals surface area (Å²) in [5, 5.41) is 21.1. The summed E-state index contributed by atoms with van der Waals surface area (Å²) >= 11 is 0. The lowest BCUT2D eigenvalue weighted by Crippen LogP contribution is -2.20. The number of aliphatic hydroxyl groups is 1. The van der Waals surface area contributed by atoms with Gasteiger partial charge in [0.1, 0.15) is 5.75 Å². The van der Waals surface area contributed by atoms with Crippen LogP contribution in [0.5, 0.6) is 5.75 Å². The zero-order chi connectivity index (χ0) is 13.5. The SMILES string of the molecule is COc1ccc(NCC(O)CCC(=O)O)cc1C. The van der Waals surface area contributed by atoms with E-state index in [0.29, 0.717) is 6.54 Å². The molecule has 0 saturated carbocycles. The van der Waals surface area contributed by atoms with Crippen LogP contribution in [-0.2, 0) is 4.79 Å². The maximum Gasteiger partial charge on any atom is 0.303 e. The number of anilines is 1. The Morgan fingerprint density at radius 3 is 2.78 bits per heavy atom. The van der Waals surface area contributed by atoms with E-state index in [-0.39, 0.29) is 12.8 Å². The molecule has 0 bridgehead atoms. The minimum Gasteiger partial charge on any atom is -0.496 e. The summed E-state index contributed by atoms with van der Waals surface area (Å²) in [5.74, 6) is -0.0821. The van der Waals surface area contributed by atoms with E-state index in [0.717, 1.165) is 17.0 Å². The number of nitrogens with one attached hydrogen (secondary N) is 1. The van der Waals surface area contributed by atoms with Crippen molar-refractivity contribution in [2.45, 2.75) is 25.9 Å². The second-order valence-electron chi connectivity index (χ2n) is 4.15. The van der Waals surface area contributed by atoms with E-state index in [1.807, 2.05) is 25.1 Å². The molecule has 1 unspecified atom stereocenters. The van der Waals surface area contributed by atoms with Crippen LogP contribution in [0.25, 0.3) is 0 Å². The molecule has 0 aliphatic rings. The van der Waals surface area contributed by atoms with E-state index in [2.05, 4.69) is 5.32 Å². The third-order valence-corrected chi connectivity index (χ3v) is 2.63. The molecule has 0 aromatic heterocycles. The van der Waals surface area contributed by atoms with Crippen LogP contribution in [0.1, 0.15) is 18.4 Å². The van der Waals surface area contributed by atoms with Crippen molar-refractivity contribution >= 4 is 11.7 Å². The average molecular weight is 253 g/mol. The normalized spacial score (nSPS) is 11.9. The number of benzene rings is 1. The number of hydrogen-bond acceptors (Lipinski definition) is 4. The number of aliphatic carboxylic acids is 1. The van der Waals surface area contributed by atoms with E-state index in [1.165, 1.54) is 0 Å². The van der Waals surface area contributed by atoms with Gasteiger partial charge in [-0.3, -0.25) is 4.79 Å². The molecule has 0 spiro atoms. The van der Waals surface area contributed by atoms with Crippen LogP contribution in [-0.4, -0.2) is 35.9 Å². The average Bonchev–Trinajstić information content (AvgIpc) is 2.34. The van der Waals surface area contributed by atoms with Crippen LogP contribution in [0, 0.1) is 6.92 Å². The Bertz CT molecular complexity index is 406. The third kappa shape index (κ3) is 4.63. The lowest BCUT2D eigenvalue weighted by molar-refractivity contribution is -0.137. The molecule has 0 heterocycles. The number of hydrogen-bond donors (Lipinski definition) is 3. The highest BCUT2D eigenvalue weighted by molar-refractivity contribution is 5.66. The van der Waals surface area contributed by atoms with Gasteiger partial charge < -0.3 is 20.3 Å². The first kappa shape index (κ1) is 14.3. The summed E-state index contributed by atoms with van der Waals surface area (Å²) < 4.78 is 5.15. The maximum absolute atomic E-state index is 10.3. The number of carboxylic acids is 1. The molecule has 0 amide bonds. The molecule has 100 valence electrons. The van der Waals surface area contributed by atoms with Crippen molar-refractivity contribution < 1.29 is 19.7 Å².